The number of halogens is 3. The van der Waals surface area contributed by atoms with Crippen molar-refractivity contribution in [3.05, 3.63) is 35.4 Å². The smallest absolute Gasteiger partial charge is 0.282 e. The quantitative estimate of drug-likeness (QED) is 0.422. The fourth-order valence-corrected chi connectivity index (χ4v) is 5.53. The molecule has 0 spiro atoms. The summed E-state index contributed by atoms with van der Waals surface area (Å²) in [6.45, 7) is 4.55. The van der Waals surface area contributed by atoms with Gasteiger partial charge in [-0.2, -0.15) is 0 Å². The lowest BCUT2D eigenvalue weighted by atomic mass is 9.69. The maximum atomic E-state index is 14.2. The Bertz CT molecular complexity index is 599. The van der Waals surface area contributed by atoms with Crippen LogP contribution in [0.1, 0.15) is 101 Å². The molecule has 0 aliphatic heterocycles. The Hall–Kier alpha value is -1.03. The van der Waals surface area contributed by atoms with E-state index in [1.807, 2.05) is 12.1 Å². The Labute approximate surface area is 174 Å². The first kappa shape index (κ1) is 22.7. The zero-order chi connectivity index (χ0) is 20.9. The molecule has 1 nitrogen and oxygen atoms in total. The van der Waals surface area contributed by atoms with Gasteiger partial charge in [-0.05, 0) is 87.2 Å². The lowest BCUT2D eigenvalue weighted by Gasteiger charge is -2.38. The Balaban J connectivity index is 1.50. The molecule has 0 aromatic heterocycles. The molecule has 2 fully saturated rings. The van der Waals surface area contributed by atoms with Crippen molar-refractivity contribution in [2.75, 3.05) is 6.61 Å². The Morgan fingerprint density at radius 2 is 1.45 bits per heavy atom. The molecule has 29 heavy (non-hydrogen) atoms. The normalized spacial score (nSPS) is 29.6. The van der Waals surface area contributed by atoms with Crippen LogP contribution in [0.4, 0.5) is 13.2 Å². The Morgan fingerprint density at radius 3 is 1.97 bits per heavy atom. The molecule has 0 heterocycles. The van der Waals surface area contributed by atoms with Gasteiger partial charge in [0, 0.05) is 13.0 Å². The first-order valence-electron chi connectivity index (χ1n) is 11.7. The number of benzene rings is 1. The molecule has 0 bridgehead atoms. The highest BCUT2D eigenvalue weighted by Crippen LogP contribution is 2.44. The fourth-order valence-electron chi connectivity index (χ4n) is 5.53. The van der Waals surface area contributed by atoms with Gasteiger partial charge in [0.25, 0.3) is 5.92 Å². The number of hydrogen-bond acceptors (Lipinski definition) is 1. The van der Waals surface area contributed by atoms with Crippen LogP contribution in [-0.4, -0.2) is 18.6 Å². The van der Waals surface area contributed by atoms with Crippen molar-refractivity contribution in [3.63, 3.8) is 0 Å². The molecule has 164 valence electrons. The molecular formula is C25H37F3O. The molecule has 2 aliphatic rings. The Morgan fingerprint density at radius 1 is 0.897 bits per heavy atom. The van der Waals surface area contributed by atoms with E-state index in [2.05, 4.69) is 6.92 Å². The highest BCUT2D eigenvalue weighted by Gasteiger charge is 2.40. The second kappa shape index (κ2) is 10.3. The van der Waals surface area contributed by atoms with E-state index < -0.39 is 18.5 Å². The van der Waals surface area contributed by atoms with E-state index in [1.54, 1.807) is 19.1 Å². The summed E-state index contributed by atoms with van der Waals surface area (Å²) in [7, 11) is 0. The molecule has 2 saturated carbocycles. The summed E-state index contributed by atoms with van der Waals surface area (Å²) in [6.07, 6.45) is 7.91. The predicted octanol–water partition coefficient (Wildman–Crippen LogP) is 8.00. The second-order valence-electron chi connectivity index (χ2n) is 9.14. The van der Waals surface area contributed by atoms with E-state index in [4.69, 9.17) is 4.74 Å². The number of alkyl halides is 3. The third kappa shape index (κ3) is 5.77. The van der Waals surface area contributed by atoms with Crippen LogP contribution in [0.15, 0.2) is 24.3 Å². The zero-order valence-electron chi connectivity index (χ0n) is 18.0. The van der Waals surface area contributed by atoms with Crippen molar-refractivity contribution in [3.8, 4) is 0 Å². The van der Waals surface area contributed by atoms with E-state index in [-0.39, 0.29) is 12.0 Å². The average molecular weight is 411 g/mol. The zero-order valence-corrected chi connectivity index (χ0v) is 18.0. The van der Waals surface area contributed by atoms with Gasteiger partial charge in [-0.25, -0.2) is 13.2 Å². The Kier molecular flexibility index (Phi) is 8.07. The lowest BCUT2D eigenvalue weighted by Crippen LogP contribution is -2.28. The fraction of sp³-hybridized carbons (Fsp3) is 0.760. The standard InChI is InChI=1S/C25H37F3O/c1-3-17-25(27,28)24(26)22-11-9-20(10-12-22)18-5-7-19(8-6-18)21-13-15-23(16-14-21)29-4-2/h9-12,18-19,21,23-24H,3-8,13-17H2,1-2H3/t18?,19?,21-,23-,24?. The third-order valence-electron chi connectivity index (χ3n) is 7.21. The summed E-state index contributed by atoms with van der Waals surface area (Å²) in [6, 6.07) is 6.90. The third-order valence-corrected chi connectivity index (χ3v) is 7.21. The van der Waals surface area contributed by atoms with Crippen LogP contribution in [0, 0.1) is 11.8 Å². The summed E-state index contributed by atoms with van der Waals surface area (Å²) in [5, 5.41) is 0. The highest BCUT2D eigenvalue weighted by atomic mass is 19.3. The lowest BCUT2D eigenvalue weighted by molar-refractivity contribution is -0.0807. The van der Waals surface area contributed by atoms with Gasteiger partial charge >= 0.3 is 0 Å². The van der Waals surface area contributed by atoms with Crippen LogP contribution in [-0.2, 0) is 4.74 Å². The van der Waals surface area contributed by atoms with Gasteiger partial charge < -0.3 is 4.74 Å². The van der Waals surface area contributed by atoms with E-state index >= 15 is 0 Å². The molecule has 1 aromatic carbocycles. The van der Waals surface area contributed by atoms with Crippen molar-refractivity contribution in [1.82, 2.24) is 0 Å². The number of hydrogen-bond donors (Lipinski definition) is 0. The van der Waals surface area contributed by atoms with E-state index in [0.717, 1.165) is 31.3 Å². The van der Waals surface area contributed by atoms with Gasteiger partial charge in [-0.1, -0.05) is 37.6 Å². The molecule has 1 unspecified atom stereocenters. The first-order valence-corrected chi connectivity index (χ1v) is 11.7. The molecule has 0 saturated heterocycles. The molecule has 1 atom stereocenters. The van der Waals surface area contributed by atoms with Gasteiger partial charge in [0.1, 0.15) is 0 Å². The minimum absolute atomic E-state index is 0.104. The summed E-state index contributed by atoms with van der Waals surface area (Å²) in [5.41, 5.74) is 1.28. The van der Waals surface area contributed by atoms with Gasteiger partial charge in [0.2, 0.25) is 0 Å². The first-order chi connectivity index (χ1) is 13.9. The van der Waals surface area contributed by atoms with E-state index in [1.165, 1.54) is 44.1 Å². The molecular weight excluding hydrogens is 373 g/mol. The van der Waals surface area contributed by atoms with E-state index in [0.29, 0.717) is 12.0 Å². The van der Waals surface area contributed by atoms with Crippen molar-refractivity contribution >= 4 is 0 Å². The predicted molar refractivity (Wildman–Crippen MR) is 112 cm³/mol. The molecule has 0 radical (unpaired) electrons. The minimum atomic E-state index is -3.28. The van der Waals surface area contributed by atoms with Crippen LogP contribution < -0.4 is 0 Å². The van der Waals surface area contributed by atoms with Crippen LogP contribution in [0.2, 0.25) is 0 Å². The highest BCUT2D eigenvalue weighted by molar-refractivity contribution is 5.28. The molecule has 0 N–H and O–H groups in total. The van der Waals surface area contributed by atoms with Crippen LogP contribution >= 0.6 is 0 Å². The monoisotopic (exact) mass is 410 g/mol. The van der Waals surface area contributed by atoms with Gasteiger partial charge in [-0.3, -0.25) is 0 Å². The SMILES string of the molecule is CCCC(F)(F)C(F)c1ccc(C2CCC([C@H]3CC[C@H](OCC)CC3)CC2)cc1. The maximum absolute atomic E-state index is 14.2. The van der Waals surface area contributed by atoms with Crippen molar-refractivity contribution < 1.29 is 17.9 Å². The maximum Gasteiger partial charge on any atom is 0.282 e. The second-order valence-corrected chi connectivity index (χ2v) is 9.14. The molecule has 4 heteroatoms. The van der Waals surface area contributed by atoms with Gasteiger partial charge in [-0.15, -0.1) is 0 Å². The van der Waals surface area contributed by atoms with Crippen LogP contribution in [0.25, 0.3) is 0 Å². The molecule has 0 amide bonds. The molecule has 1 aromatic rings. The average Bonchev–Trinajstić information content (AvgIpc) is 2.74. The van der Waals surface area contributed by atoms with Gasteiger partial charge in [0.15, 0.2) is 6.17 Å². The summed E-state index contributed by atoms with van der Waals surface area (Å²) >= 11 is 0. The summed E-state index contributed by atoms with van der Waals surface area (Å²) in [5.74, 6) is -1.15. The van der Waals surface area contributed by atoms with Crippen LogP contribution in [0.3, 0.4) is 0 Å². The van der Waals surface area contributed by atoms with Crippen molar-refractivity contribution in [2.24, 2.45) is 11.8 Å². The summed E-state index contributed by atoms with van der Waals surface area (Å²) in [4.78, 5) is 0. The molecule has 3 rings (SSSR count). The largest absolute Gasteiger partial charge is 0.379 e. The number of rotatable bonds is 8. The van der Waals surface area contributed by atoms with E-state index in [9.17, 15) is 13.2 Å². The van der Waals surface area contributed by atoms with Crippen molar-refractivity contribution in [1.29, 1.82) is 0 Å². The topological polar surface area (TPSA) is 9.23 Å². The number of ether oxygens (including phenoxy) is 1. The molecule has 2 aliphatic carbocycles. The van der Waals surface area contributed by atoms with Crippen molar-refractivity contribution in [2.45, 2.75) is 102 Å². The minimum Gasteiger partial charge on any atom is -0.379 e. The summed E-state index contributed by atoms with van der Waals surface area (Å²) < 4.78 is 47.8. The van der Waals surface area contributed by atoms with Gasteiger partial charge in [0.05, 0.1) is 6.10 Å². The van der Waals surface area contributed by atoms with Crippen LogP contribution in [0.5, 0.6) is 0 Å².